The van der Waals surface area contributed by atoms with Gasteiger partial charge in [0.1, 0.15) is 12.7 Å². The first-order valence-electron chi connectivity index (χ1n) is 3.65. The van der Waals surface area contributed by atoms with Gasteiger partial charge in [0, 0.05) is 0 Å². The SMILES string of the molecule is Nc1nc(N)nc(-c2ncncn2)n1. The first-order valence-corrected chi connectivity index (χ1v) is 3.65. The van der Waals surface area contributed by atoms with Crippen LogP contribution in [0.4, 0.5) is 11.9 Å². The van der Waals surface area contributed by atoms with E-state index in [1.165, 1.54) is 12.7 Å². The fraction of sp³-hybridized carbons (Fsp3) is 0. The molecule has 0 radical (unpaired) electrons. The van der Waals surface area contributed by atoms with Crippen molar-refractivity contribution in [2.45, 2.75) is 0 Å². The van der Waals surface area contributed by atoms with Gasteiger partial charge in [-0.3, -0.25) is 0 Å². The van der Waals surface area contributed by atoms with Crippen LogP contribution in [0.1, 0.15) is 0 Å². The van der Waals surface area contributed by atoms with Crippen LogP contribution in [-0.4, -0.2) is 29.9 Å². The van der Waals surface area contributed by atoms with Crippen LogP contribution in [0, 0.1) is 0 Å². The second-order valence-electron chi connectivity index (χ2n) is 2.34. The Labute approximate surface area is 78.5 Å². The summed E-state index contributed by atoms with van der Waals surface area (Å²) in [4.78, 5) is 22.6. The molecule has 70 valence electrons. The van der Waals surface area contributed by atoms with E-state index in [4.69, 9.17) is 11.5 Å². The number of hydrogen-bond donors (Lipinski definition) is 2. The highest BCUT2D eigenvalue weighted by molar-refractivity contribution is 5.46. The van der Waals surface area contributed by atoms with Crippen molar-refractivity contribution in [2.24, 2.45) is 0 Å². The second kappa shape index (κ2) is 3.17. The molecule has 4 N–H and O–H groups in total. The van der Waals surface area contributed by atoms with E-state index in [2.05, 4.69) is 29.9 Å². The van der Waals surface area contributed by atoms with Gasteiger partial charge in [-0.15, -0.1) is 0 Å². The van der Waals surface area contributed by atoms with Gasteiger partial charge in [-0.1, -0.05) is 0 Å². The highest BCUT2D eigenvalue weighted by atomic mass is 15.2. The van der Waals surface area contributed by atoms with Crippen LogP contribution >= 0.6 is 0 Å². The van der Waals surface area contributed by atoms with Crippen LogP contribution in [0.3, 0.4) is 0 Å². The maximum atomic E-state index is 5.38. The maximum absolute atomic E-state index is 5.38. The highest BCUT2D eigenvalue weighted by Gasteiger charge is 2.06. The maximum Gasteiger partial charge on any atom is 0.225 e. The highest BCUT2D eigenvalue weighted by Crippen LogP contribution is 2.08. The second-order valence-corrected chi connectivity index (χ2v) is 2.34. The van der Waals surface area contributed by atoms with E-state index < -0.39 is 0 Å². The number of anilines is 2. The first kappa shape index (κ1) is 8.23. The standard InChI is InChI=1S/C6H6N8/c7-5-12-4(13-6(8)14-5)3-10-1-9-2-11-3/h1-2H,(H4,7,8,12,13,14). The van der Waals surface area contributed by atoms with E-state index in [9.17, 15) is 0 Å². The fourth-order valence-electron chi connectivity index (χ4n) is 0.864. The number of rotatable bonds is 1. The molecule has 14 heavy (non-hydrogen) atoms. The molecule has 0 saturated heterocycles. The Morgan fingerprint density at radius 2 is 1.36 bits per heavy atom. The summed E-state index contributed by atoms with van der Waals surface area (Å²) in [6, 6.07) is 0. The Kier molecular flexibility index (Phi) is 1.86. The molecule has 8 nitrogen and oxygen atoms in total. The predicted molar refractivity (Wildman–Crippen MR) is 47.5 cm³/mol. The molecule has 8 heteroatoms. The summed E-state index contributed by atoms with van der Waals surface area (Å²) >= 11 is 0. The Hall–Kier alpha value is -2.38. The number of nitrogens with zero attached hydrogens (tertiary/aromatic N) is 6. The van der Waals surface area contributed by atoms with Gasteiger partial charge in [0.2, 0.25) is 23.5 Å². The molecule has 0 bridgehead atoms. The van der Waals surface area contributed by atoms with E-state index >= 15 is 0 Å². The van der Waals surface area contributed by atoms with E-state index in [1.807, 2.05) is 0 Å². The zero-order valence-corrected chi connectivity index (χ0v) is 6.99. The molecule has 0 spiro atoms. The van der Waals surface area contributed by atoms with E-state index in [-0.39, 0.29) is 17.7 Å². The van der Waals surface area contributed by atoms with Crippen molar-refractivity contribution in [2.75, 3.05) is 11.5 Å². The average molecular weight is 190 g/mol. The van der Waals surface area contributed by atoms with Crippen molar-refractivity contribution >= 4 is 11.9 Å². The molecule has 2 heterocycles. The molecule has 0 aliphatic rings. The molecule has 0 saturated carbocycles. The Bertz CT molecular complexity index is 421. The van der Waals surface area contributed by atoms with Crippen LogP contribution < -0.4 is 11.5 Å². The minimum Gasteiger partial charge on any atom is -0.368 e. The summed E-state index contributed by atoms with van der Waals surface area (Å²) in [5, 5.41) is 0. The van der Waals surface area contributed by atoms with Gasteiger partial charge < -0.3 is 11.5 Å². The quantitative estimate of drug-likeness (QED) is 0.578. The van der Waals surface area contributed by atoms with Crippen molar-refractivity contribution in [3.8, 4) is 11.6 Å². The van der Waals surface area contributed by atoms with Crippen molar-refractivity contribution in [1.29, 1.82) is 0 Å². The third-order valence-corrected chi connectivity index (χ3v) is 1.36. The number of hydrogen-bond acceptors (Lipinski definition) is 8. The third kappa shape index (κ3) is 1.53. The minimum atomic E-state index is 0.0351. The van der Waals surface area contributed by atoms with Crippen LogP contribution in [0.5, 0.6) is 0 Å². The molecule has 2 rings (SSSR count). The number of aromatic nitrogens is 6. The first-order chi connectivity index (χ1) is 6.75. The normalized spacial score (nSPS) is 10.0. The van der Waals surface area contributed by atoms with Crippen molar-refractivity contribution in [3.05, 3.63) is 12.7 Å². The molecule has 2 aromatic heterocycles. The van der Waals surface area contributed by atoms with E-state index in [0.29, 0.717) is 5.82 Å². The van der Waals surface area contributed by atoms with Gasteiger partial charge in [0.25, 0.3) is 0 Å². The molecule has 0 aliphatic carbocycles. The molecule has 0 aliphatic heterocycles. The number of nitrogen functional groups attached to an aromatic ring is 2. The molecule has 0 atom stereocenters. The van der Waals surface area contributed by atoms with E-state index in [1.54, 1.807) is 0 Å². The summed E-state index contributed by atoms with van der Waals surface area (Å²) in [5.74, 6) is 0.610. The van der Waals surface area contributed by atoms with Gasteiger partial charge in [0.15, 0.2) is 0 Å². The lowest BCUT2D eigenvalue weighted by atomic mass is 10.5. The lowest BCUT2D eigenvalue weighted by molar-refractivity contribution is 0.998. The monoisotopic (exact) mass is 190 g/mol. The predicted octanol–water partition coefficient (Wildman–Crippen LogP) is -1.11. The summed E-state index contributed by atoms with van der Waals surface area (Å²) in [7, 11) is 0. The fourth-order valence-corrected chi connectivity index (χ4v) is 0.864. The van der Waals surface area contributed by atoms with Crippen LogP contribution in [-0.2, 0) is 0 Å². The minimum absolute atomic E-state index is 0.0351. The lowest BCUT2D eigenvalue weighted by Crippen LogP contribution is -2.05. The van der Waals surface area contributed by atoms with Crippen molar-refractivity contribution < 1.29 is 0 Å². The Balaban J connectivity index is 2.52. The van der Waals surface area contributed by atoms with Crippen LogP contribution in [0.2, 0.25) is 0 Å². The summed E-state index contributed by atoms with van der Waals surface area (Å²) < 4.78 is 0. The van der Waals surface area contributed by atoms with Crippen molar-refractivity contribution in [3.63, 3.8) is 0 Å². The van der Waals surface area contributed by atoms with Gasteiger partial charge in [-0.2, -0.15) is 15.0 Å². The summed E-state index contributed by atoms with van der Waals surface area (Å²) in [6.07, 6.45) is 2.66. The van der Waals surface area contributed by atoms with Crippen molar-refractivity contribution in [1.82, 2.24) is 29.9 Å². The van der Waals surface area contributed by atoms with Gasteiger partial charge in [0.05, 0.1) is 0 Å². The molecule has 0 aromatic carbocycles. The summed E-state index contributed by atoms with van der Waals surface area (Å²) in [6.45, 7) is 0. The molecule has 2 aromatic rings. The smallest absolute Gasteiger partial charge is 0.225 e. The van der Waals surface area contributed by atoms with E-state index in [0.717, 1.165) is 0 Å². The van der Waals surface area contributed by atoms with Gasteiger partial charge in [-0.05, 0) is 0 Å². The topological polar surface area (TPSA) is 129 Å². The van der Waals surface area contributed by atoms with Crippen LogP contribution in [0.25, 0.3) is 11.6 Å². The zero-order valence-electron chi connectivity index (χ0n) is 6.99. The molecule has 0 unspecified atom stereocenters. The van der Waals surface area contributed by atoms with Crippen LogP contribution in [0.15, 0.2) is 12.7 Å². The van der Waals surface area contributed by atoms with Gasteiger partial charge >= 0.3 is 0 Å². The van der Waals surface area contributed by atoms with Gasteiger partial charge in [-0.25, -0.2) is 15.0 Å². The molecular weight excluding hydrogens is 184 g/mol. The largest absolute Gasteiger partial charge is 0.368 e. The lowest BCUT2D eigenvalue weighted by Gasteiger charge is -1.98. The average Bonchev–Trinajstić information content (AvgIpc) is 2.18. The Morgan fingerprint density at radius 3 is 1.93 bits per heavy atom. The zero-order chi connectivity index (χ0) is 9.97. The molecule has 0 amide bonds. The molecular formula is C6H6N8. The number of nitrogens with two attached hydrogens (primary N) is 2. The summed E-state index contributed by atoms with van der Waals surface area (Å²) in [5.41, 5.74) is 10.8. The Morgan fingerprint density at radius 1 is 0.786 bits per heavy atom. The molecule has 0 fully saturated rings. The third-order valence-electron chi connectivity index (χ3n) is 1.36.